The molecule has 0 rings (SSSR count). The molecule has 0 spiro atoms. The van der Waals surface area contributed by atoms with Crippen molar-refractivity contribution in [3.05, 3.63) is 12.2 Å². The van der Waals surface area contributed by atoms with E-state index in [0.29, 0.717) is 5.57 Å². The quantitative estimate of drug-likeness (QED) is 0.143. The van der Waals surface area contributed by atoms with E-state index < -0.39 is 0 Å². The van der Waals surface area contributed by atoms with Crippen molar-refractivity contribution >= 4 is 5.91 Å². The molecule has 3 nitrogen and oxygen atoms in total. The molecule has 29 heavy (non-hydrogen) atoms. The first-order valence-corrected chi connectivity index (χ1v) is 12.1. The van der Waals surface area contributed by atoms with Crippen molar-refractivity contribution < 1.29 is 21.7 Å². The van der Waals surface area contributed by atoms with Crippen LogP contribution in [0.3, 0.4) is 0 Å². The van der Waals surface area contributed by atoms with Gasteiger partial charge in [-0.05, 0) is 19.8 Å². The number of nitrogens with zero attached hydrogens (tertiary/aromatic N) is 1. The molecule has 1 amide bonds. The van der Waals surface area contributed by atoms with Gasteiger partial charge in [-0.25, -0.2) is 0 Å². The zero-order valence-corrected chi connectivity index (χ0v) is 21.1. The fourth-order valence-corrected chi connectivity index (χ4v) is 3.96. The molecule has 1 unspecified atom stereocenters. The van der Waals surface area contributed by atoms with Crippen LogP contribution >= 0.6 is 0 Å². The first-order chi connectivity index (χ1) is 13.3. The molecule has 0 aromatic rings. The van der Waals surface area contributed by atoms with E-state index in [-0.39, 0.29) is 24.5 Å². The third-order valence-corrected chi connectivity index (χ3v) is 5.91. The van der Waals surface area contributed by atoms with Crippen molar-refractivity contribution in [3.8, 4) is 0 Å². The first kappa shape index (κ1) is 30.7. The topological polar surface area (TPSA) is 29.1 Å². The van der Waals surface area contributed by atoms with E-state index in [1.165, 1.54) is 83.5 Å². The molecule has 0 radical (unpaired) electrons. The zero-order chi connectivity index (χ0) is 21.3. The Labute approximate surface area is 189 Å². The lowest BCUT2D eigenvalue weighted by molar-refractivity contribution is -0.917. The number of rotatable bonds is 19. The molecule has 1 N–H and O–H groups in total. The van der Waals surface area contributed by atoms with Gasteiger partial charge in [-0.3, -0.25) is 4.79 Å². The molecule has 0 aliphatic rings. The van der Waals surface area contributed by atoms with Crippen LogP contribution in [0.2, 0.25) is 0 Å². The molecule has 0 aromatic carbocycles. The van der Waals surface area contributed by atoms with Gasteiger partial charge in [0.15, 0.2) is 6.17 Å². The maximum atomic E-state index is 12.1. The van der Waals surface area contributed by atoms with Crippen LogP contribution in [0.15, 0.2) is 12.2 Å². The van der Waals surface area contributed by atoms with Gasteiger partial charge in [-0.15, -0.1) is 0 Å². The molecule has 0 aliphatic heterocycles. The normalized spacial score (nSPS) is 12.3. The van der Waals surface area contributed by atoms with E-state index in [0.717, 1.165) is 23.9 Å². The summed E-state index contributed by atoms with van der Waals surface area (Å²) in [5, 5.41) is 3.22. The molecule has 0 saturated heterocycles. The van der Waals surface area contributed by atoms with E-state index in [1.54, 1.807) is 6.92 Å². The molecule has 0 aliphatic carbocycles. The number of unbranched alkanes of at least 4 members (excludes halogenated alkanes) is 12. The van der Waals surface area contributed by atoms with Crippen LogP contribution in [-0.4, -0.2) is 37.2 Å². The lowest BCUT2D eigenvalue weighted by atomic mass is 10.0. The van der Waals surface area contributed by atoms with Gasteiger partial charge in [0.25, 0.3) is 5.91 Å². The molecular weight excluding hydrogens is 380 g/mol. The summed E-state index contributed by atoms with van der Waals surface area (Å²) < 4.78 is 0.855. The Balaban J connectivity index is 0. The Bertz CT molecular complexity index is 410. The van der Waals surface area contributed by atoms with Crippen molar-refractivity contribution in [2.45, 2.75) is 123 Å². The minimum atomic E-state index is 0. The van der Waals surface area contributed by atoms with Crippen molar-refractivity contribution in [2.24, 2.45) is 0 Å². The van der Waals surface area contributed by atoms with Gasteiger partial charge in [0.2, 0.25) is 0 Å². The van der Waals surface area contributed by atoms with Crippen LogP contribution < -0.4 is 17.7 Å². The second-order valence-electron chi connectivity index (χ2n) is 9.30. The molecule has 0 saturated carbocycles. The largest absolute Gasteiger partial charge is 1.00 e. The van der Waals surface area contributed by atoms with Gasteiger partial charge in [0.1, 0.15) is 0 Å². The fraction of sp³-hybridized carbons (Fsp3) is 0.880. The minimum Gasteiger partial charge on any atom is -1.00 e. The van der Waals surface area contributed by atoms with Crippen molar-refractivity contribution in [2.75, 3.05) is 20.6 Å². The maximum absolute atomic E-state index is 12.1. The molecule has 0 bridgehead atoms. The Hall–Kier alpha value is -0.540. The van der Waals surface area contributed by atoms with Crippen LogP contribution in [0.25, 0.3) is 0 Å². The molecule has 0 fully saturated rings. The molecule has 0 aromatic heterocycles. The number of nitrogens with one attached hydrogen (secondary N) is 1. The van der Waals surface area contributed by atoms with E-state index in [9.17, 15) is 4.79 Å². The Kier molecular flexibility index (Phi) is 20.5. The Morgan fingerprint density at radius 3 is 1.59 bits per heavy atom. The number of halogens is 1. The highest BCUT2D eigenvalue weighted by molar-refractivity contribution is 5.92. The molecule has 4 heteroatoms. The van der Waals surface area contributed by atoms with E-state index in [4.69, 9.17) is 0 Å². The summed E-state index contributed by atoms with van der Waals surface area (Å²) in [4.78, 5) is 12.1. The summed E-state index contributed by atoms with van der Waals surface area (Å²) in [5.41, 5.74) is 0.604. The smallest absolute Gasteiger partial charge is 0.250 e. The number of hydrogen-bond acceptors (Lipinski definition) is 1. The lowest BCUT2D eigenvalue weighted by Gasteiger charge is -2.38. The highest BCUT2D eigenvalue weighted by Gasteiger charge is 2.28. The predicted molar refractivity (Wildman–Crippen MR) is 124 cm³/mol. The lowest BCUT2D eigenvalue weighted by Crippen LogP contribution is -3.00. The summed E-state index contributed by atoms with van der Waals surface area (Å²) >= 11 is 0. The van der Waals surface area contributed by atoms with Gasteiger partial charge in [0, 0.05) is 12.0 Å². The fourth-order valence-electron chi connectivity index (χ4n) is 3.96. The van der Waals surface area contributed by atoms with Crippen LogP contribution in [0, 0.1) is 0 Å². The number of hydrogen-bond donors (Lipinski definition) is 1. The molecule has 0 heterocycles. The Morgan fingerprint density at radius 2 is 1.21 bits per heavy atom. The van der Waals surface area contributed by atoms with Gasteiger partial charge >= 0.3 is 0 Å². The predicted octanol–water partition coefficient (Wildman–Crippen LogP) is 3.98. The summed E-state index contributed by atoms with van der Waals surface area (Å²) in [6, 6.07) is 0. The maximum Gasteiger partial charge on any atom is 0.250 e. The highest BCUT2D eigenvalue weighted by atomic mass is 35.5. The summed E-state index contributed by atoms with van der Waals surface area (Å²) in [6.07, 6.45) is 20.3. The van der Waals surface area contributed by atoms with E-state index in [1.807, 2.05) is 0 Å². The van der Waals surface area contributed by atoms with E-state index >= 15 is 0 Å². The van der Waals surface area contributed by atoms with Gasteiger partial charge < -0.3 is 22.2 Å². The van der Waals surface area contributed by atoms with Crippen LogP contribution in [0.1, 0.15) is 117 Å². The molecule has 174 valence electrons. The molecule has 1 atom stereocenters. The third kappa shape index (κ3) is 16.9. The van der Waals surface area contributed by atoms with Crippen molar-refractivity contribution in [3.63, 3.8) is 0 Å². The van der Waals surface area contributed by atoms with Crippen molar-refractivity contribution in [1.29, 1.82) is 0 Å². The second-order valence-corrected chi connectivity index (χ2v) is 9.30. The second kappa shape index (κ2) is 19.4. The average Bonchev–Trinajstić information content (AvgIpc) is 2.64. The van der Waals surface area contributed by atoms with Crippen LogP contribution in [0.4, 0.5) is 0 Å². The number of quaternary nitrogens is 1. The zero-order valence-electron chi connectivity index (χ0n) is 20.3. The van der Waals surface area contributed by atoms with E-state index in [2.05, 4.69) is 39.8 Å². The average molecular weight is 431 g/mol. The Morgan fingerprint density at radius 1 is 0.793 bits per heavy atom. The third-order valence-electron chi connectivity index (χ3n) is 5.91. The highest BCUT2D eigenvalue weighted by Crippen LogP contribution is 2.16. The number of amides is 1. The first-order valence-electron chi connectivity index (χ1n) is 12.1. The molecular formula is C25H51ClN2O. The monoisotopic (exact) mass is 430 g/mol. The minimum absolute atomic E-state index is 0. The number of carbonyl (C=O) groups excluding carboxylic acids is 1. The number of carbonyl (C=O) groups is 1. The summed E-state index contributed by atoms with van der Waals surface area (Å²) in [7, 11) is 4.46. The van der Waals surface area contributed by atoms with Gasteiger partial charge in [-0.2, -0.15) is 0 Å². The standard InChI is InChI=1S/C25H50N2O.ClH/c1-7-9-10-11-12-13-14-15-16-17-18-19-20-21-24(26-25(28)23(3)4)27(5,6)22-8-2;/h24H,3,7-22H2,1-2,4-6H3;1H. The summed E-state index contributed by atoms with van der Waals surface area (Å²) in [5.74, 6) is 0.00185. The van der Waals surface area contributed by atoms with Gasteiger partial charge in [-0.1, -0.05) is 97.5 Å². The van der Waals surface area contributed by atoms with Crippen LogP contribution in [-0.2, 0) is 4.79 Å². The summed E-state index contributed by atoms with van der Waals surface area (Å²) in [6.45, 7) is 11.2. The van der Waals surface area contributed by atoms with Gasteiger partial charge in [0.05, 0.1) is 20.6 Å². The van der Waals surface area contributed by atoms with Crippen LogP contribution in [0.5, 0.6) is 0 Å². The van der Waals surface area contributed by atoms with Crippen molar-refractivity contribution in [1.82, 2.24) is 5.32 Å². The SMILES string of the molecule is C=C(C)C(=O)NC(CCCCCCCCCCCCCCC)[N+](C)(C)CCC.[Cl-].